The highest BCUT2D eigenvalue weighted by molar-refractivity contribution is 6.30. The first kappa shape index (κ1) is 14.0. The van der Waals surface area contributed by atoms with Crippen molar-refractivity contribution in [1.82, 2.24) is 20.1 Å². The molecule has 2 aromatic rings. The summed E-state index contributed by atoms with van der Waals surface area (Å²) in [5.41, 5.74) is 0.581. The van der Waals surface area contributed by atoms with E-state index in [1.165, 1.54) is 12.4 Å². The van der Waals surface area contributed by atoms with Gasteiger partial charge in [0.2, 0.25) is 0 Å². The molecule has 4 nitrogen and oxygen atoms in total. The van der Waals surface area contributed by atoms with Crippen LogP contribution < -0.4 is 5.32 Å². The maximum Gasteiger partial charge on any atom is 0.138 e. The molecule has 2 rings (SSSR count). The van der Waals surface area contributed by atoms with Crippen LogP contribution in [-0.2, 0) is 13.0 Å². The van der Waals surface area contributed by atoms with Crippen LogP contribution in [0.5, 0.6) is 0 Å². The van der Waals surface area contributed by atoms with Gasteiger partial charge in [0.05, 0.1) is 0 Å². The van der Waals surface area contributed by atoms with Crippen LogP contribution >= 0.6 is 11.6 Å². The lowest BCUT2D eigenvalue weighted by atomic mass is 10.0. The minimum Gasteiger partial charge on any atom is -0.313 e. The summed E-state index contributed by atoms with van der Waals surface area (Å²) in [5.74, 6) is 0.519. The van der Waals surface area contributed by atoms with Crippen molar-refractivity contribution in [1.29, 1.82) is 0 Å². The molecule has 1 N–H and O–H groups in total. The summed E-state index contributed by atoms with van der Waals surface area (Å²) in [6.45, 7) is 2.74. The van der Waals surface area contributed by atoms with Crippen LogP contribution in [0.4, 0.5) is 4.39 Å². The molecule has 1 heterocycles. The Hall–Kier alpha value is -1.46. The van der Waals surface area contributed by atoms with Crippen molar-refractivity contribution in [3.8, 4) is 0 Å². The van der Waals surface area contributed by atoms with Crippen molar-refractivity contribution in [3.63, 3.8) is 0 Å². The summed E-state index contributed by atoms with van der Waals surface area (Å²) >= 11 is 5.77. The van der Waals surface area contributed by atoms with Crippen LogP contribution in [0, 0.1) is 5.82 Å². The van der Waals surface area contributed by atoms with E-state index in [9.17, 15) is 4.39 Å². The van der Waals surface area contributed by atoms with Crippen molar-refractivity contribution < 1.29 is 4.39 Å². The SMILES string of the molecule is CCn1ncnc1CC(NC)c1ccc(Cl)cc1F. The summed E-state index contributed by atoms with van der Waals surface area (Å²) in [6.07, 6.45) is 2.09. The van der Waals surface area contributed by atoms with E-state index >= 15 is 0 Å². The number of hydrogen-bond acceptors (Lipinski definition) is 3. The predicted molar refractivity (Wildman–Crippen MR) is 72.6 cm³/mol. The third kappa shape index (κ3) is 3.11. The smallest absolute Gasteiger partial charge is 0.138 e. The first-order valence-corrected chi connectivity index (χ1v) is 6.52. The molecule has 0 radical (unpaired) electrons. The topological polar surface area (TPSA) is 42.7 Å². The maximum absolute atomic E-state index is 13.9. The van der Waals surface area contributed by atoms with Gasteiger partial charge in [-0.15, -0.1) is 0 Å². The highest BCUT2D eigenvalue weighted by Crippen LogP contribution is 2.23. The van der Waals surface area contributed by atoms with Crippen LogP contribution in [0.15, 0.2) is 24.5 Å². The molecule has 1 aromatic heterocycles. The van der Waals surface area contributed by atoms with Crippen LogP contribution in [0.3, 0.4) is 0 Å². The largest absolute Gasteiger partial charge is 0.313 e. The maximum atomic E-state index is 13.9. The van der Waals surface area contributed by atoms with Crippen LogP contribution in [-0.4, -0.2) is 21.8 Å². The van der Waals surface area contributed by atoms with Crippen molar-refractivity contribution in [3.05, 3.63) is 46.8 Å². The molecule has 0 bridgehead atoms. The van der Waals surface area contributed by atoms with E-state index in [1.54, 1.807) is 23.9 Å². The number of nitrogens with zero attached hydrogens (tertiary/aromatic N) is 3. The first-order chi connectivity index (χ1) is 9.15. The highest BCUT2D eigenvalue weighted by atomic mass is 35.5. The molecule has 1 aromatic carbocycles. The number of aromatic nitrogens is 3. The number of hydrogen-bond donors (Lipinski definition) is 1. The molecular formula is C13H16ClFN4. The van der Waals surface area contributed by atoms with E-state index in [0.29, 0.717) is 17.0 Å². The second kappa shape index (κ2) is 6.12. The fourth-order valence-electron chi connectivity index (χ4n) is 2.04. The van der Waals surface area contributed by atoms with Gasteiger partial charge in [0.1, 0.15) is 18.0 Å². The second-order valence-corrected chi connectivity index (χ2v) is 4.64. The molecule has 6 heteroatoms. The highest BCUT2D eigenvalue weighted by Gasteiger charge is 2.17. The van der Waals surface area contributed by atoms with Gasteiger partial charge in [0.15, 0.2) is 0 Å². The zero-order valence-corrected chi connectivity index (χ0v) is 11.7. The lowest BCUT2D eigenvalue weighted by Gasteiger charge is -2.17. The molecule has 0 aliphatic heterocycles. The summed E-state index contributed by atoms with van der Waals surface area (Å²) < 4.78 is 15.7. The first-order valence-electron chi connectivity index (χ1n) is 6.14. The Morgan fingerprint density at radius 1 is 1.47 bits per heavy atom. The van der Waals surface area contributed by atoms with E-state index in [2.05, 4.69) is 15.4 Å². The lowest BCUT2D eigenvalue weighted by Crippen LogP contribution is -2.22. The molecule has 0 aliphatic rings. The summed E-state index contributed by atoms with van der Waals surface area (Å²) in [5, 5.41) is 7.62. The Bertz CT molecular complexity index is 555. The normalized spacial score (nSPS) is 12.6. The van der Waals surface area contributed by atoms with E-state index in [4.69, 9.17) is 11.6 Å². The summed E-state index contributed by atoms with van der Waals surface area (Å²) in [6, 6.07) is 4.55. The van der Waals surface area contributed by atoms with Gasteiger partial charge in [-0.1, -0.05) is 17.7 Å². The number of likely N-dealkylation sites (N-methyl/N-ethyl adjacent to an activating group) is 1. The van der Waals surface area contributed by atoms with Crippen LogP contribution in [0.25, 0.3) is 0 Å². The minimum absolute atomic E-state index is 0.160. The Morgan fingerprint density at radius 2 is 2.26 bits per heavy atom. The minimum atomic E-state index is -0.311. The van der Waals surface area contributed by atoms with Crippen molar-refractivity contribution >= 4 is 11.6 Å². The average Bonchev–Trinajstić information content (AvgIpc) is 2.84. The van der Waals surface area contributed by atoms with Crippen molar-refractivity contribution in [2.45, 2.75) is 25.9 Å². The predicted octanol–water partition coefficient (Wildman–Crippen LogP) is 2.59. The Kier molecular flexibility index (Phi) is 4.50. The van der Waals surface area contributed by atoms with Gasteiger partial charge in [-0.05, 0) is 26.1 Å². The Morgan fingerprint density at radius 3 is 2.89 bits per heavy atom. The van der Waals surface area contributed by atoms with E-state index < -0.39 is 0 Å². The fourth-order valence-corrected chi connectivity index (χ4v) is 2.20. The zero-order chi connectivity index (χ0) is 13.8. The molecule has 0 spiro atoms. The van der Waals surface area contributed by atoms with Gasteiger partial charge in [-0.25, -0.2) is 9.37 Å². The number of aryl methyl sites for hydroxylation is 1. The van der Waals surface area contributed by atoms with Crippen LogP contribution in [0.2, 0.25) is 5.02 Å². The van der Waals surface area contributed by atoms with Crippen molar-refractivity contribution in [2.24, 2.45) is 0 Å². The van der Waals surface area contributed by atoms with Crippen molar-refractivity contribution in [2.75, 3.05) is 7.05 Å². The van der Waals surface area contributed by atoms with Gasteiger partial charge in [0.25, 0.3) is 0 Å². The molecular weight excluding hydrogens is 267 g/mol. The van der Waals surface area contributed by atoms with E-state index in [1.807, 2.05) is 6.92 Å². The van der Waals surface area contributed by atoms with Gasteiger partial charge in [-0.3, -0.25) is 4.68 Å². The molecule has 1 atom stereocenters. The molecule has 19 heavy (non-hydrogen) atoms. The van der Waals surface area contributed by atoms with E-state index in [0.717, 1.165) is 12.4 Å². The molecule has 102 valence electrons. The Balaban J connectivity index is 2.25. The molecule has 0 aliphatic carbocycles. The quantitative estimate of drug-likeness (QED) is 0.917. The Labute approximate surface area is 116 Å². The van der Waals surface area contributed by atoms with Gasteiger partial charge in [0, 0.05) is 29.6 Å². The number of benzene rings is 1. The fraction of sp³-hybridized carbons (Fsp3) is 0.385. The second-order valence-electron chi connectivity index (χ2n) is 4.20. The molecule has 0 saturated heterocycles. The standard InChI is InChI=1S/C13H16ClFN4/c1-3-19-13(17-8-18-19)7-12(16-2)10-5-4-9(14)6-11(10)15/h4-6,8,12,16H,3,7H2,1-2H3. The number of rotatable bonds is 5. The van der Waals surface area contributed by atoms with Gasteiger partial charge >= 0.3 is 0 Å². The van der Waals surface area contributed by atoms with E-state index in [-0.39, 0.29) is 11.9 Å². The molecule has 1 unspecified atom stereocenters. The monoisotopic (exact) mass is 282 g/mol. The molecule has 0 saturated carbocycles. The average molecular weight is 283 g/mol. The summed E-state index contributed by atoms with van der Waals surface area (Å²) in [7, 11) is 1.80. The summed E-state index contributed by atoms with van der Waals surface area (Å²) in [4.78, 5) is 4.21. The van der Waals surface area contributed by atoms with Crippen LogP contribution in [0.1, 0.15) is 24.4 Å². The number of halogens is 2. The third-order valence-electron chi connectivity index (χ3n) is 3.07. The van der Waals surface area contributed by atoms with Gasteiger partial charge < -0.3 is 5.32 Å². The number of nitrogens with one attached hydrogen (secondary N) is 1. The zero-order valence-electron chi connectivity index (χ0n) is 10.9. The molecule has 0 amide bonds. The lowest BCUT2D eigenvalue weighted by molar-refractivity contribution is 0.505. The third-order valence-corrected chi connectivity index (χ3v) is 3.30. The molecule has 0 fully saturated rings. The van der Waals surface area contributed by atoms with Gasteiger partial charge in [-0.2, -0.15) is 5.10 Å².